The predicted octanol–water partition coefficient (Wildman–Crippen LogP) is 3.52. The summed E-state index contributed by atoms with van der Waals surface area (Å²) < 4.78 is 0. The predicted molar refractivity (Wildman–Crippen MR) is 70.2 cm³/mol. The first-order chi connectivity index (χ1) is 8.25. The molecule has 0 aliphatic heterocycles. The molecule has 0 aliphatic carbocycles. The first kappa shape index (κ1) is 11.7. The average molecular weight is 246 g/mol. The fourth-order valence-electron chi connectivity index (χ4n) is 1.54. The van der Waals surface area contributed by atoms with Crippen LogP contribution in [0.3, 0.4) is 0 Å². The summed E-state index contributed by atoms with van der Waals surface area (Å²) >= 11 is 5.99. The van der Waals surface area contributed by atoms with E-state index < -0.39 is 0 Å². The molecule has 0 bridgehead atoms. The number of carbonyl (C=O) groups is 1. The van der Waals surface area contributed by atoms with Crippen LogP contribution in [0.5, 0.6) is 0 Å². The quantitative estimate of drug-likeness (QED) is 0.881. The summed E-state index contributed by atoms with van der Waals surface area (Å²) in [4.78, 5) is 11.8. The fourth-order valence-corrected chi connectivity index (χ4v) is 1.74. The van der Waals surface area contributed by atoms with E-state index >= 15 is 0 Å². The molecule has 2 aromatic rings. The van der Waals surface area contributed by atoms with Gasteiger partial charge < -0.3 is 5.32 Å². The monoisotopic (exact) mass is 245 g/mol. The number of benzene rings is 2. The highest BCUT2D eigenvalue weighted by Gasteiger charge is 2.06. The van der Waals surface area contributed by atoms with Gasteiger partial charge in [0.1, 0.15) is 0 Å². The number of carbonyl (C=O) groups excluding carboxylic acids is 1. The third kappa shape index (κ3) is 3.33. The van der Waals surface area contributed by atoms with Crippen LogP contribution in [0.25, 0.3) is 0 Å². The SMILES string of the molecule is O=C(Cc1ccccc1Cl)Nc1ccccc1. The van der Waals surface area contributed by atoms with Crippen LogP contribution < -0.4 is 5.32 Å². The smallest absolute Gasteiger partial charge is 0.228 e. The standard InChI is InChI=1S/C14H12ClNO/c15-13-9-5-4-6-11(13)10-14(17)16-12-7-2-1-3-8-12/h1-9H,10H2,(H,16,17). The molecule has 3 heteroatoms. The van der Waals surface area contributed by atoms with Crippen LogP contribution in [0.15, 0.2) is 54.6 Å². The number of para-hydroxylation sites is 1. The van der Waals surface area contributed by atoms with Crippen molar-refractivity contribution in [2.45, 2.75) is 6.42 Å². The van der Waals surface area contributed by atoms with Gasteiger partial charge in [-0.1, -0.05) is 48.0 Å². The van der Waals surface area contributed by atoms with Gasteiger partial charge in [0.05, 0.1) is 6.42 Å². The van der Waals surface area contributed by atoms with E-state index in [4.69, 9.17) is 11.6 Å². The van der Waals surface area contributed by atoms with E-state index in [0.29, 0.717) is 5.02 Å². The maximum Gasteiger partial charge on any atom is 0.228 e. The van der Waals surface area contributed by atoms with Crippen molar-refractivity contribution in [1.29, 1.82) is 0 Å². The number of anilines is 1. The minimum absolute atomic E-state index is 0.0655. The molecule has 1 amide bonds. The number of hydrogen-bond acceptors (Lipinski definition) is 1. The molecule has 0 atom stereocenters. The van der Waals surface area contributed by atoms with Crippen LogP contribution in [0.4, 0.5) is 5.69 Å². The highest BCUT2D eigenvalue weighted by molar-refractivity contribution is 6.31. The molecule has 2 nitrogen and oxygen atoms in total. The maximum absolute atomic E-state index is 11.8. The molecule has 0 saturated heterocycles. The van der Waals surface area contributed by atoms with Crippen LogP contribution >= 0.6 is 11.6 Å². The molecule has 17 heavy (non-hydrogen) atoms. The molecule has 0 fully saturated rings. The normalized spacial score (nSPS) is 9.94. The van der Waals surface area contributed by atoms with Crippen LogP contribution in [0, 0.1) is 0 Å². The van der Waals surface area contributed by atoms with Crippen molar-refractivity contribution in [3.8, 4) is 0 Å². The first-order valence-electron chi connectivity index (χ1n) is 5.34. The third-order valence-corrected chi connectivity index (χ3v) is 2.74. The molecule has 2 rings (SSSR count). The second-order valence-electron chi connectivity index (χ2n) is 3.68. The molecule has 0 aliphatic rings. The van der Waals surface area contributed by atoms with E-state index in [9.17, 15) is 4.79 Å². The second kappa shape index (κ2) is 5.51. The van der Waals surface area contributed by atoms with Crippen molar-refractivity contribution in [2.75, 3.05) is 5.32 Å². The number of nitrogens with one attached hydrogen (secondary N) is 1. The van der Waals surface area contributed by atoms with Gasteiger partial charge in [-0.05, 0) is 23.8 Å². The molecular formula is C14H12ClNO. The minimum atomic E-state index is -0.0655. The topological polar surface area (TPSA) is 29.1 Å². The lowest BCUT2D eigenvalue weighted by atomic mass is 10.1. The molecule has 0 unspecified atom stereocenters. The summed E-state index contributed by atoms with van der Waals surface area (Å²) in [6, 6.07) is 16.7. The van der Waals surface area contributed by atoms with Crippen molar-refractivity contribution in [2.24, 2.45) is 0 Å². The highest BCUT2D eigenvalue weighted by Crippen LogP contribution is 2.16. The summed E-state index contributed by atoms with van der Waals surface area (Å²) in [5.74, 6) is -0.0655. The van der Waals surface area contributed by atoms with Gasteiger partial charge in [0.15, 0.2) is 0 Å². The second-order valence-corrected chi connectivity index (χ2v) is 4.09. The lowest BCUT2D eigenvalue weighted by molar-refractivity contribution is -0.115. The zero-order valence-corrected chi connectivity index (χ0v) is 9.95. The Kier molecular flexibility index (Phi) is 3.78. The summed E-state index contributed by atoms with van der Waals surface area (Å²) in [7, 11) is 0. The molecule has 2 aromatic carbocycles. The van der Waals surface area contributed by atoms with Gasteiger partial charge in [-0.2, -0.15) is 0 Å². The summed E-state index contributed by atoms with van der Waals surface area (Å²) in [6.45, 7) is 0. The Bertz CT molecular complexity index is 511. The Morgan fingerprint density at radius 1 is 1.00 bits per heavy atom. The lowest BCUT2D eigenvalue weighted by Crippen LogP contribution is -2.14. The highest BCUT2D eigenvalue weighted by atomic mass is 35.5. The van der Waals surface area contributed by atoms with E-state index in [1.165, 1.54) is 0 Å². The van der Waals surface area contributed by atoms with Crippen molar-refractivity contribution in [1.82, 2.24) is 0 Å². The van der Waals surface area contributed by atoms with Gasteiger partial charge in [-0.25, -0.2) is 0 Å². The number of hydrogen-bond donors (Lipinski definition) is 1. The van der Waals surface area contributed by atoms with Gasteiger partial charge >= 0.3 is 0 Å². The van der Waals surface area contributed by atoms with Crippen molar-refractivity contribution in [3.05, 3.63) is 65.2 Å². The summed E-state index contributed by atoms with van der Waals surface area (Å²) in [5.41, 5.74) is 1.63. The maximum atomic E-state index is 11.8. The Hall–Kier alpha value is -1.80. The van der Waals surface area contributed by atoms with Gasteiger partial charge in [0.2, 0.25) is 5.91 Å². The summed E-state index contributed by atoms with van der Waals surface area (Å²) in [6.07, 6.45) is 0.286. The van der Waals surface area contributed by atoms with Gasteiger partial charge in [-0.15, -0.1) is 0 Å². The average Bonchev–Trinajstić information content (AvgIpc) is 2.33. The Morgan fingerprint density at radius 3 is 2.35 bits per heavy atom. The lowest BCUT2D eigenvalue weighted by Gasteiger charge is -2.06. The number of amides is 1. The van der Waals surface area contributed by atoms with Crippen LogP contribution in [0.2, 0.25) is 5.02 Å². The molecule has 1 N–H and O–H groups in total. The fraction of sp³-hybridized carbons (Fsp3) is 0.0714. The Morgan fingerprint density at radius 2 is 1.65 bits per heavy atom. The van der Waals surface area contributed by atoms with Crippen molar-refractivity contribution < 1.29 is 4.79 Å². The van der Waals surface area contributed by atoms with Crippen LogP contribution in [0.1, 0.15) is 5.56 Å². The number of halogens is 1. The van der Waals surface area contributed by atoms with Crippen molar-refractivity contribution in [3.63, 3.8) is 0 Å². The van der Waals surface area contributed by atoms with E-state index in [1.807, 2.05) is 48.5 Å². The molecule has 0 aromatic heterocycles. The van der Waals surface area contributed by atoms with Gasteiger partial charge in [0.25, 0.3) is 0 Å². The van der Waals surface area contributed by atoms with E-state index in [2.05, 4.69) is 5.32 Å². The molecule has 0 radical (unpaired) electrons. The van der Waals surface area contributed by atoms with Crippen LogP contribution in [-0.4, -0.2) is 5.91 Å². The third-order valence-electron chi connectivity index (χ3n) is 2.37. The molecule has 0 heterocycles. The van der Waals surface area contributed by atoms with E-state index in [1.54, 1.807) is 6.07 Å². The minimum Gasteiger partial charge on any atom is -0.326 e. The Labute approximate surface area is 105 Å². The first-order valence-corrected chi connectivity index (χ1v) is 5.72. The van der Waals surface area contributed by atoms with E-state index in [0.717, 1.165) is 11.3 Å². The molecule has 0 spiro atoms. The molecule has 86 valence electrons. The number of rotatable bonds is 3. The van der Waals surface area contributed by atoms with Gasteiger partial charge in [0, 0.05) is 10.7 Å². The largest absolute Gasteiger partial charge is 0.326 e. The van der Waals surface area contributed by atoms with Crippen LogP contribution in [-0.2, 0) is 11.2 Å². The molecular weight excluding hydrogens is 234 g/mol. The summed E-state index contributed by atoms with van der Waals surface area (Å²) in [5, 5.41) is 3.44. The Balaban J connectivity index is 2.01. The zero-order valence-electron chi connectivity index (χ0n) is 9.19. The van der Waals surface area contributed by atoms with Crippen molar-refractivity contribution >= 4 is 23.2 Å². The molecule has 0 saturated carbocycles. The zero-order chi connectivity index (χ0) is 12.1. The van der Waals surface area contributed by atoms with E-state index in [-0.39, 0.29) is 12.3 Å². The van der Waals surface area contributed by atoms with Gasteiger partial charge in [-0.3, -0.25) is 4.79 Å².